The van der Waals surface area contributed by atoms with E-state index in [4.69, 9.17) is 23.2 Å². The predicted octanol–water partition coefficient (Wildman–Crippen LogP) is 6.18. The Morgan fingerprint density at radius 3 is 2.33 bits per heavy atom. The van der Waals surface area contributed by atoms with Crippen molar-refractivity contribution in [2.45, 2.75) is 6.92 Å². The molecule has 0 fully saturated rings. The number of H-pyrrole nitrogens is 1. The number of fused-ring (bicyclic) bond motifs is 1. The molecule has 1 heterocycles. The number of hydrogen-bond donors (Lipinski definition) is 2. The van der Waals surface area contributed by atoms with E-state index < -0.39 is 5.56 Å². The van der Waals surface area contributed by atoms with Crippen LogP contribution in [-0.2, 0) is 0 Å². The molecule has 0 unspecified atom stereocenters. The molecule has 4 rings (SSSR count). The van der Waals surface area contributed by atoms with Gasteiger partial charge >= 0.3 is 0 Å². The Hall–Kier alpha value is -2.75. The maximum Gasteiger partial charge on any atom is 0.260 e. The smallest absolute Gasteiger partial charge is 0.260 e. The van der Waals surface area contributed by atoms with Gasteiger partial charge in [-0.25, -0.2) is 0 Å². The molecular weight excluding hydrogens is 381 g/mol. The Morgan fingerprint density at radius 1 is 0.889 bits per heavy atom. The van der Waals surface area contributed by atoms with E-state index in [0.717, 1.165) is 16.7 Å². The largest absolute Gasteiger partial charge is 0.506 e. The summed E-state index contributed by atoms with van der Waals surface area (Å²) < 4.78 is 0. The minimum atomic E-state index is -0.448. The first-order valence-corrected chi connectivity index (χ1v) is 9.12. The van der Waals surface area contributed by atoms with Crippen LogP contribution in [0.3, 0.4) is 0 Å². The molecule has 0 aliphatic rings. The van der Waals surface area contributed by atoms with Gasteiger partial charge in [-0.05, 0) is 30.7 Å². The highest BCUT2D eigenvalue weighted by Crippen LogP contribution is 2.43. The number of aromatic amines is 1. The summed E-state index contributed by atoms with van der Waals surface area (Å²) >= 11 is 13.1. The highest BCUT2D eigenvalue weighted by atomic mass is 35.5. The zero-order chi connectivity index (χ0) is 19.1. The molecule has 3 aromatic carbocycles. The Bertz CT molecular complexity index is 1230. The molecule has 27 heavy (non-hydrogen) atoms. The molecule has 2 N–H and O–H groups in total. The fourth-order valence-corrected chi connectivity index (χ4v) is 3.86. The average molecular weight is 396 g/mol. The molecule has 0 aliphatic carbocycles. The minimum Gasteiger partial charge on any atom is -0.506 e. The minimum absolute atomic E-state index is 0.0673. The molecule has 0 amide bonds. The van der Waals surface area contributed by atoms with Crippen molar-refractivity contribution in [3.05, 3.63) is 86.6 Å². The van der Waals surface area contributed by atoms with Crippen LogP contribution in [0.4, 0.5) is 0 Å². The van der Waals surface area contributed by atoms with Crippen molar-refractivity contribution >= 4 is 34.1 Å². The molecule has 0 aliphatic heterocycles. The molecule has 0 bridgehead atoms. The Morgan fingerprint density at radius 2 is 1.59 bits per heavy atom. The molecule has 1 aromatic heterocycles. The second-order valence-corrected chi connectivity index (χ2v) is 7.16. The van der Waals surface area contributed by atoms with Crippen molar-refractivity contribution in [1.29, 1.82) is 0 Å². The molecule has 134 valence electrons. The lowest BCUT2D eigenvalue weighted by Crippen LogP contribution is -2.10. The topological polar surface area (TPSA) is 53.1 Å². The lowest BCUT2D eigenvalue weighted by Gasteiger charge is -2.14. The molecule has 5 heteroatoms. The molecule has 4 aromatic rings. The number of hydrogen-bond acceptors (Lipinski definition) is 2. The number of nitrogens with one attached hydrogen (secondary N) is 1. The zero-order valence-corrected chi connectivity index (χ0v) is 15.9. The van der Waals surface area contributed by atoms with Gasteiger partial charge in [0.15, 0.2) is 0 Å². The highest BCUT2D eigenvalue weighted by Gasteiger charge is 2.21. The number of benzene rings is 3. The van der Waals surface area contributed by atoms with E-state index in [0.29, 0.717) is 26.5 Å². The van der Waals surface area contributed by atoms with Gasteiger partial charge in [0.1, 0.15) is 5.75 Å². The van der Waals surface area contributed by atoms with Crippen LogP contribution in [0.1, 0.15) is 5.56 Å². The van der Waals surface area contributed by atoms with Gasteiger partial charge < -0.3 is 10.1 Å². The van der Waals surface area contributed by atoms with Crippen LogP contribution >= 0.6 is 23.2 Å². The van der Waals surface area contributed by atoms with Gasteiger partial charge in [0.05, 0.1) is 21.1 Å². The van der Waals surface area contributed by atoms with E-state index >= 15 is 0 Å². The molecule has 0 radical (unpaired) electrons. The Labute approximate surface area is 165 Å². The second-order valence-electron chi connectivity index (χ2n) is 6.37. The van der Waals surface area contributed by atoms with Crippen LogP contribution < -0.4 is 5.56 Å². The summed E-state index contributed by atoms with van der Waals surface area (Å²) in [4.78, 5) is 15.5. The summed E-state index contributed by atoms with van der Waals surface area (Å²) in [5.41, 5.74) is 3.26. The summed E-state index contributed by atoms with van der Waals surface area (Å²) in [5, 5.41) is 11.9. The van der Waals surface area contributed by atoms with Crippen molar-refractivity contribution in [3.63, 3.8) is 0 Å². The summed E-state index contributed by atoms with van der Waals surface area (Å²) in [7, 11) is 0. The number of rotatable bonds is 2. The monoisotopic (exact) mass is 395 g/mol. The van der Waals surface area contributed by atoms with E-state index in [9.17, 15) is 9.90 Å². The van der Waals surface area contributed by atoms with E-state index in [1.807, 2.05) is 37.3 Å². The average Bonchev–Trinajstić information content (AvgIpc) is 2.65. The maximum absolute atomic E-state index is 12.7. The van der Waals surface area contributed by atoms with Crippen molar-refractivity contribution in [2.24, 2.45) is 0 Å². The summed E-state index contributed by atoms with van der Waals surface area (Å²) in [6.07, 6.45) is 0. The number of halogens is 2. The number of aryl methyl sites for hydroxylation is 1. The third-order valence-corrected chi connectivity index (χ3v) is 5.31. The lowest BCUT2D eigenvalue weighted by atomic mass is 9.97. The molecule has 0 spiro atoms. The van der Waals surface area contributed by atoms with Gasteiger partial charge in [-0.1, -0.05) is 71.2 Å². The number of pyridine rings is 1. The van der Waals surface area contributed by atoms with Crippen LogP contribution in [0, 0.1) is 6.92 Å². The SMILES string of the molecule is Cc1ccc(-c2ccc(Cl)c(-c3c(O)c4ccccc4[nH]c3=O)c2Cl)cc1. The van der Waals surface area contributed by atoms with Gasteiger partial charge in [-0.15, -0.1) is 0 Å². The van der Waals surface area contributed by atoms with Crippen LogP contribution in [-0.4, -0.2) is 10.1 Å². The normalized spacial score (nSPS) is 11.1. The van der Waals surface area contributed by atoms with E-state index in [1.165, 1.54) is 0 Å². The maximum atomic E-state index is 12.7. The third kappa shape index (κ3) is 2.99. The van der Waals surface area contributed by atoms with E-state index in [2.05, 4.69) is 4.98 Å². The number of aromatic nitrogens is 1. The van der Waals surface area contributed by atoms with E-state index in [1.54, 1.807) is 30.3 Å². The van der Waals surface area contributed by atoms with Gasteiger partial charge in [0.2, 0.25) is 0 Å². The Balaban J connectivity index is 2.03. The first-order chi connectivity index (χ1) is 13.0. The highest BCUT2D eigenvalue weighted by molar-refractivity contribution is 6.41. The standard InChI is InChI=1S/C22H15Cl2NO2/c1-12-6-8-13(9-7-12)14-10-11-16(23)18(20(14)24)19-21(26)15-4-2-3-5-17(15)25-22(19)27/h2-11H,1H3,(H2,25,26,27). The van der Waals surface area contributed by atoms with Crippen molar-refractivity contribution in [2.75, 3.05) is 0 Å². The molecule has 3 nitrogen and oxygen atoms in total. The summed E-state index contributed by atoms with van der Waals surface area (Å²) in [6, 6.07) is 18.4. The third-order valence-electron chi connectivity index (χ3n) is 4.60. The van der Waals surface area contributed by atoms with Gasteiger partial charge in [-0.2, -0.15) is 0 Å². The van der Waals surface area contributed by atoms with Gasteiger partial charge in [0.25, 0.3) is 5.56 Å². The first-order valence-electron chi connectivity index (χ1n) is 8.37. The predicted molar refractivity (Wildman–Crippen MR) is 112 cm³/mol. The summed E-state index contributed by atoms with van der Waals surface area (Å²) in [5.74, 6) is -0.140. The fourth-order valence-electron chi connectivity index (χ4n) is 3.20. The lowest BCUT2D eigenvalue weighted by molar-refractivity contribution is 0.482. The van der Waals surface area contributed by atoms with Crippen molar-refractivity contribution < 1.29 is 5.11 Å². The van der Waals surface area contributed by atoms with Crippen LogP contribution in [0.25, 0.3) is 33.2 Å². The number of para-hydroxylation sites is 1. The second kappa shape index (κ2) is 6.76. The Kier molecular flexibility index (Phi) is 4.42. The summed E-state index contributed by atoms with van der Waals surface area (Å²) in [6.45, 7) is 2.01. The number of aromatic hydroxyl groups is 1. The quantitative estimate of drug-likeness (QED) is 0.425. The molecular formula is C22H15Cl2NO2. The van der Waals surface area contributed by atoms with Gasteiger partial charge in [-0.3, -0.25) is 4.79 Å². The molecule has 0 saturated heterocycles. The van der Waals surface area contributed by atoms with Gasteiger partial charge in [0, 0.05) is 16.5 Å². The van der Waals surface area contributed by atoms with Crippen LogP contribution in [0.5, 0.6) is 5.75 Å². The zero-order valence-electron chi connectivity index (χ0n) is 14.4. The van der Waals surface area contributed by atoms with Crippen molar-refractivity contribution in [3.8, 4) is 28.0 Å². The van der Waals surface area contributed by atoms with Crippen molar-refractivity contribution in [1.82, 2.24) is 4.98 Å². The van der Waals surface area contributed by atoms with Crippen LogP contribution in [0.15, 0.2) is 65.5 Å². The van der Waals surface area contributed by atoms with Crippen LogP contribution in [0.2, 0.25) is 10.0 Å². The molecule has 0 saturated carbocycles. The fraction of sp³-hybridized carbons (Fsp3) is 0.0455. The molecule has 0 atom stereocenters. The first kappa shape index (κ1) is 17.7. The van der Waals surface area contributed by atoms with E-state index in [-0.39, 0.29) is 11.3 Å².